The molecule has 4 aromatic heterocycles. The van der Waals surface area contributed by atoms with Gasteiger partial charge in [-0.1, -0.05) is 36.4 Å². The molecule has 5 rings (SSSR count). The maximum atomic E-state index is 13.3. The van der Waals surface area contributed by atoms with Gasteiger partial charge in [-0.2, -0.15) is 10.3 Å². The topological polar surface area (TPSA) is 106 Å². The molecule has 0 aliphatic carbocycles. The second-order valence-electron chi connectivity index (χ2n) is 7.89. The van der Waals surface area contributed by atoms with Crippen molar-refractivity contribution < 1.29 is 9.21 Å². The van der Waals surface area contributed by atoms with Crippen LogP contribution in [0.15, 0.2) is 93.4 Å². The lowest BCUT2D eigenvalue weighted by atomic mass is 10.2. The summed E-state index contributed by atoms with van der Waals surface area (Å²) >= 11 is 0. The highest BCUT2D eigenvalue weighted by molar-refractivity contribution is 5.92. The first-order valence-electron chi connectivity index (χ1n) is 10.8. The summed E-state index contributed by atoms with van der Waals surface area (Å²) < 4.78 is 8.53. The second kappa shape index (κ2) is 9.08. The normalized spacial score (nSPS) is 11.9. The first-order valence-corrected chi connectivity index (χ1v) is 10.8. The summed E-state index contributed by atoms with van der Waals surface area (Å²) in [4.78, 5) is 35.1. The lowest BCUT2D eigenvalue weighted by molar-refractivity contribution is -0.113. The Morgan fingerprint density at radius 1 is 1.14 bits per heavy atom. The molecular formula is C27H19N5O3. The Labute approximate surface area is 199 Å². The summed E-state index contributed by atoms with van der Waals surface area (Å²) in [5, 5.41) is 10.1. The van der Waals surface area contributed by atoms with Gasteiger partial charge < -0.3 is 8.98 Å². The van der Waals surface area contributed by atoms with E-state index in [1.807, 2.05) is 43.3 Å². The number of carbonyl (C=O) groups excluding carboxylic acids is 1. The van der Waals surface area contributed by atoms with Crippen molar-refractivity contribution in [3.63, 3.8) is 0 Å². The van der Waals surface area contributed by atoms with Gasteiger partial charge in [0.1, 0.15) is 23.1 Å². The molecule has 1 amide bonds. The number of rotatable bonds is 4. The minimum atomic E-state index is -0.549. The Bertz CT molecular complexity index is 1770. The molecular weight excluding hydrogens is 442 g/mol. The zero-order valence-electron chi connectivity index (χ0n) is 18.8. The van der Waals surface area contributed by atoms with Gasteiger partial charge in [-0.15, -0.1) is 0 Å². The maximum Gasteiger partial charge on any atom is 0.271 e. The molecule has 35 heavy (non-hydrogen) atoms. The van der Waals surface area contributed by atoms with Crippen LogP contribution >= 0.6 is 0 Å². The number of nitrogens with zero attached hydrogens (tertiary/aromatic N) is 5. The predicted molar refractivity (Wildman–Crippen MR) is 130 cm³/mol. The maximum absolute atomic E-state index is 13.3. The molecule has 0 bridgehead atoms. The number of pyridine rings is 2. The molecule has 8 nitrogen and oxygen atoms in total. The molecule has 1 aromatic carbocycles. The number of benzene rings is 1. The van der Waals surface area contributed by atoms with E-state index in [2.05, 4.69) is 11.1 Å². The van der Waals surface area contributed by atoms with E-state index in [4.69, 9.17) is 9.40 Å². The highest BCUT2D eigenvalue weighted by atomic mass is 16.3. The third-order valence-electron chi connectivity index (χ3n) is 5.55. The van der Waals surface area contributed by atoms with Crippen LogP contribution in [-0.4, -0.2) is 19.9 Å². The molecule has 0 fully saturated rings. The minimum Gasteiger partial charge on any atom is -0.467 e. The Balaban J connectivity index is 1.79. The molecule has 0 N–H and O–H groups in total. The number of nitriles is 1. The van der Waals surface area contributed by atoms with Crippen molar-refractivity contribution in [2.45, 2.75) is 13.5 Å². The molecule has 0 unspecified atom stereocenters. The molecule has 170 valence electrons. The largest absolute Gasteiger partial charge is 0.467 e. The standard InChI is InChI=1S/C27H19N5O3/c1-18-7-5-13-31-24(18)30-26-22(27(31)34)15-20(16-28)25(32(26)17-21-10-6-14-35-21)29-23(33)12-11-19-8-3-2-4-9-19/h2-15H,17H2,1H3/b12-11-,29-25?. The quantitative estimate of drug-likeness (QED) is 0.300. The highest BCUT2D eigenvalue weighted by Gasteiger charge is 2.16. The lowest BCUT2D eigenvalue weighted by Crippen LogP contribution is -2.29. The zero-order valence-corrected chi connectivity index (χ0v) is 18.8. The SMILES string of the molecule is Cc1cccn2c(=O)c3cc(C#N)c(=NC(=O)/C=C\c4ccccc4)n(Cc4ccco4)c3nc12. The van der Waals surface area contributed by atoms with Gasteiger partial charge >= 0.3 is 0 Å². The van der Waals surface area contributed by atoms with Gasteiger partial charge in [-0.05, 0) is 48.4 Å². The highest BCUT2D eigenvalue weighted by Crippen LogP contribution is 2.14. The van der Waals surface area contributed by atoms with Crippen molar-refractivity contribution in [2.24, 2.45) is 4.99 Å². The first-order chi connectivity index (χ1) is 17.0. The van der Waals surface area contributed by atoms with Crippen LogP contribution < -0.4 is 11.0 Å². The summed E-state index contributed by atoms with van der Waals surface area (Å²) in [5.41, 5.74) is 2.29. The number of fused-ring (bicyclic) bond motifs is 2. The van der Waals surface area contributed by atoms with Gasteiger partial charge in [0.25, 0.3) is 11.5 Å². The van der Waals surface area contributed by atoms with Crippen molar-refractivity contribution in [3.8, 4) is 6.07 Å². The van der Waals surface area contributed by atoms with Crippen LogP contribution in [0.25, 0.3) is 22.8 Å². The van der Waals surface area contributed by atoms with E-state index in [1.54, 1.807) is 35.0 Å². The van der Waals surface area contributed by atoms with E-state index in [-0.39, 0.29) is 28.5 Å². The third kappa shape index (κ3) is 4.18. The average molecular weight is 461 g/mol. The van der Waals surface area contributed by atoms with Crippen LogP contribution in [0.3, 0.4) is 0 Å². The fourth-order valence-corrected chi connectivity index (χ4v) is 3.87. The fourth-order valence-electron chi connectivity index (χ4n) is 3.87. The van der Waals surface area contributed by atoms with E-state index in [9.17, 15) is 14.9 Å². The molecule has 8 heteroatoms. The van der Waals surface area contributed by atoms with Crippen LogP contribution in [0.5, 0.6) is 0 Å². The van der Waals surface area contributed by atoms with Gasteiger partial charge in [0.2, 0.25) is 0 Å². The number of hydrogen-bond acceptors (Lipinski definition) is 5. The molecule has 5 aromatic rings. The van der Waals surface area contributed by atoms with Crippen molar-refractivity contribution in [1.82, 2.24) is 14.0 Å². The van der Waals surface area contributed by atoms with Crippen molar-refractivity contribution in [1.29, 1.82) is 5.26 Å². The summed E-state index contributed by atoms with van der Waals surface area (Å²) in [5.74, 6) is 0.00786. The van der Waals surface area contributed by atoms with Gasteiger partial charge in [0.05, 0.1) is 23.8 Å². The molecule has 4 heterocycles. The summed E-state index contributed by atoms with van der Waals surface area (Å²) in [7, 11) is 0. The van der Waals surface area contributed by atoms with Gasteiger partial charge in [-0.3, -0.25) is 14.0 Å². The van der Waals surface area contributed by atoms with Crippen molar-refractivity contribution >= 4 is 28.7 Å². The number of aromatic nitrogens is 3. The van der Waals surface area contributed by atoms with Crippen molar-refractivity contribution in [2.75, 3.05) is 0 Å². The molecule has 0 aliphatic heterocycles. The van der Waals surface area contributed by atoms with E-state index < -0.39 is 5.91 Å². The van der Waals surface area contributed by atoms with Crippen LogP contribution in [0.1, 0.15) is 22.5 Å². The number of amides is 1. The monoisotopic (exact) mass is 461 g/mol. The van der Waals surface area contributed by atoms with Crippen LogP contribution in [-0.2, 0) is 11.3 Å². The second-order valence-corrected chi connectivity index (χ2v) is 7.89. The lowest BCUT2D eigenvalue weighted by Gasteiger charge is -2.13. The molecule has 0 aliphatic rings. The van der Waals surface area contributed by atoms with E-state index >= 15 is 0 Å². The summed E-state index contributed by atoms with van der Waals surface area (Å²) in [6.45, 7) is 1.99. The Morgan fingerprint density at radius 2 is 1.97 bits per heavy atom. The zero-order chi connectivity index (χ0) is 24.4. The van der Waals surface area contributed by atoms with Gasteiger partial charge in [0.15, 0.2) is 5.49 Å². The third-order valence-corrected chi connectivity index (χ3v) is 5.55. The Hall–Kier alpha value is -5.03. The van der Waals surface area contributed by atoms with Crippen molar-refractivity contribution in [3.05, 3.63) is 117 Å². The van der Waals surface area contributed by atoms with E-state index in [0.29, 0.717) is 17.1 Å². The van der Waals surface area contributed by atoms with Gasteiger partial charge in [0, 0.05) is 12.3 Å². The van der Waals surface area contributed by atoms with Crippen LogP contribution in [0.4, 0.5) is 0 Å². The first kappa shape index (κ1) is 21.8. The number of aryl methyl sites for hydroxylation is 1. The fraction of sp³-hybridized carbons (Fsp3) is 0.0741. The van der Waals surface area contributed by atoms with E-state index in [0.717, 1.165) is 11.1 Å². The molecule has 0 atom stereocenters. The Kier molecular flexibility index (Phi) is 5.65. The smallest absolute Gasteiger partial charge is 0.271 e. The number of carbonyl (C=O) groups is 1. The van der Waals surface area contributed by atoms with Crippen LogP contribution in [0, 0.1) is 18.3 Å². The predicted octanol–water partition coefficient (Wildman–Crippen LogP) is 3.61. The van der Waals surface area contributed by atoms with Crippen LogP contribution in [0.2, 0.25) is 0 Å². The van der Waals surface area contributed by atoms with Gasteiger partial charge in [-0.25, -0.2) is 4.98 Å². The minimum absolute atomic E-state index is 0.0806. The Morgan fingerprint density at radius 3 is 2.71 bits per heavy atom. The molecule has 0 radical (unpaired) electrons. The number of furan rings is 1. The molecule has 0 saturated heterocycles. The molecule has 0 spiro atoms. The molecule has 0 saturated carbocycles. The summed E-state index contributed by atoms with van der Waals surface area (Å²) in [6.07, 6.45) is 6.15. The number of hydrogen-bond donors (Lipinski definition) is 0. The summed E-state index contributed by atoms with van der Waals surface area (Å²) in [6, 6.07) is 20.0. The van der Waals surface area contributed by atoms with E-state index in [1.165, 1.54) is 22.8 Å². The average Bonchev–Trinajstić information content (AvgIpc) is 3.39.